The fraction of sp³-hybridized carbons (Fsp3) is 0.600. The summed E-state index contributed by atoms with van der Waals surface area (Å²) in [5, 5.41) is 0. The number of hydrogen-bond acceptors (Lipinski definition) is 1. The lowest BCUT2D eigenvalue weighted by Crippen LogP contribution is -2.36. The van der Waals surface area contributed by atoms with Crippen molar-refractivity contribution >= 4 is 0 Å². The van der Waals surface area contributed by atoms with Crippen molar-refractivity contribution < 1.29 is 4.39 Å². The van der Waals surface area contributed by atoms with Gasteiger partial charge in [-0.2, -0.15) is 0 Å². The van der Waals surface area contributed by atoms with Crippen molar-refractivity contribution in [1.29, 1.82) is 0 Å². The molecule has 0 heterocycles. The third-order valence-electron chi connectivity index (χ3n) is 4.24. The number of halogens is 1. The average molecular weight is 235 g/mol. The van der Waals surface area contributed by atoms with E-state index in [-0.39, 0.29) is 11.2 Å². The second-order valence-electron chi connectivity index (χ2n) is 5.69. The minimum Gasteiger partial charge on any atom is -0.330 e. The molecule has 1 aliphatic carbocycles. The molecule has 0 unspecified atom stereocenters. The maximum absolute atomic E-state index is 13.2. The van der Waals surface area contributed by atoms with Crippen LogP contribution in [0.1, 0.15) is 38.2 Å². The molecular weight excluding hydrogens is 213 g/mol. The number of hydrogen-bond donors (Lipinski definition) is 1. The molecule has 2 N–H and O–H groups in total. The highest BCUT2D eigenvalue weighted by Crippen LogP contribution is 2.40. The van der Waals surface area contributed by atoms with E-state index in [2.05, 4.69) is 6.92 Å². The lowest BCUT2D eigenvalue weighted by atomic mass is 9.68. The molecule has 0 aromatic heterocycles. The van der Waals surface area contributed by atoms with Crippen molar-refractivity contribution in [3.63, 3.8) is 0 Å². The van der Waals surface area contributed by atoms with Crippen molar-refractivity contribution in [3.8, 4) is 0 Å². The first-order valence-corrected chi connectivity index (χ1v) is 6.58. The first-order chi connectivity index (χ1) is 8.13. The first-order valence-electron chi connectivity index (χ1n) is 6.58. The van der Waals surface area contributed by atoms with Gasteiger partial charge in [0.25, 0.3) is 0 Å². The molecule has 2 rings (SSSR count). The van der Waals surface area contributed by atoms with Crippen LogP contribution in [0.25, 0.3) is 0 Å². The van der Waals surface area contributed by atoms with Gasteiger partial charge in [0.15, 0.2) is 0 Å². The van der Waals surface area contributed by atoms with E-state index in [1.165, 1.54) is 31.7 Å². The molecule has 0 saturated heterocycles. The topological polar surface area (TPSA) is 26.0 Å². The van der Waals surface area contributed by atoms with Crippen LogP contribution in [-0.2, 0) is 6.42 Å². The summed E-state index contributed by atoms with van der Waals surface area (Å²) in [7, 11) is 0. The Balaban J connectivity index is 2.09. The molecule has 0 amide bonds. The highest BCUT2D eigenvalue weighted by molar-refractivity contribution is 5.18. The average Bonchev–Trinajstić information content (AvgIpc) is 2.33. The fourth-order valence-corrected chi connectivity index (χ4v) is 2.91. The summed E-state index contributed by atoms with van der Waals surface area (Å²) >= 11 is 0. The van der Waals surface area contributed by atoms with E-state index in [1.807, 2.05) is 6.07 Å². The Hall–Kier alpha value is -0.890. The molecular formula is C15H22FN. The monoisotopic (exact) mass is 235 g/mol. The molecule has 0 radical (unpaired) electrons. The molecule has 0 atom stereocenters. The Morgan fingerprint density at radius 1 is 1.35 bits per heavy atom. The molecule has 1 saturated carbocycles. The van der Waals surface area contributed by atoms with E-state index in [4.69, 9.17) is 5.73 Å². The predicted molar refractivity (Wildman–Crippen MR) is 69.2 cm³/mol. The molecule has 1 aromatic carbocycles. The van der Waals surface area contributed by atoms with Crippen LogP contribution >= 0.6 is 0 Å². The molecule has 2 heteroatoms. The van der Waals surface area contributed by atoms with E-state index in [0.29, 0.717) is 0 Å². The zero-order valence-corrected chi connectivity index (χ0v) is 10.6. The maximum atomic E-state index is 13.2. The number of rotatable bonds is 3. The van der Waals surface area contributed by atoms with Crippen LogP contribution in [0.5, 0.6) is 0 Å². The van der Waals surface area contributed by atoms with Crippen molar-refractivity contribution in [2.75, 3.05) is 6.54 Å². The highest BCUT2D eigenvalue weighted by Gasteiger charge is 2.32. The van der Waals surface area contributed by atoms with Crippen LogP contribution < -0.4 is 5.73 Å². The van der Waals surface area contributed by atoms with Crippen molar-refractivity contribution in [2.45, 2.75) is 39.0 Å². The summed E-state index contributed by atoms with van der Waals surface area (Å²) in [4.78, 5) is 0. The molecule has 17 heavy (non-hydrogen) atoms. The Bertz CT molecular complexity index is 367. The zero-order chi connectivity index (χ0) is 12.3. The fourth-order valence-electron chi connectivity index (χ4n) is 2.91. The molecule has 94 valence electrons. The van der Waals surface area contributed by atoms with Crippen molar-refractivity contribution in [1.82, 2.24) is 0 Å². The number of benzene rings is 1. The zero-order valence-electron chi connectivity index (χ0n) is 10.6. The third-order valence-corrected chi connectivity index (χ3v) is 4.24. The number of nitrogens with two attached hydrogens (primary N) is 1. The third kappa shape index (κ3) is 3.06. The Morgan fingerprint density at radius 2 is 2.06 bits per heavy atom. The first kappa shape index (κ1) is 12.6. The van der Waals surface area contributed by atoms with Crippen molar-refractivity contribution in [2.24, 2.45) is 17.1 Å². The van der Waals surface area contributed by atoms with Gasteiger partial charge < -0.3 is 5.73 Å². The molecule has 1 fully saturated rings. The molecule has 0 aliphatic heterocycles. The van der Waals surface area contributed by atoms with E-state index in [1.54, 1.807) is 12.1 Å². The van der Waals surface area contributed by atoms with E-state index >= 15 is 0 Å². The summed E-state index contributed by atoms with van der Waals surface area (Å²) in [6.07, 6.45) is 5.80. The van der Waals surface area contributed by atoms with Crippen LogP contribution in [-0.4, -0.2) is 6.54 Å². The molecule has 1 nitrogen and oxygen atoms in total. The minimum atomic E-state index is -0.140. The second-order valence-corrected chi connectivity index (χ2v) is 5.69. The summed E-state index contributed by atoms with van der Waals surface area (Å²) < 4.78 is 13.2. The Kier molecular flexibility index (Phi) is 3.82. The van der Waals surface area contributed by atoms with Crippen LogP contribution in [0, 0.1) is 17.2 Å². The Morgan fingerprint density at radius 3 is 2.65 bits per heavy atom. The minimum absolute atomic E-state index is 0.140. The van der Waals surface area contributed by atoms with Crippen LogP contribution in [0.4, 0.5) is 4.39 Å². The van der Waals surface area contributed by atoms with Crippen LogP contribution in [0.3, 0.4) is 0 Å². The van der Waals surface area contributed by atoms with E-state index in [0.717, 1.165) is 24.4 Å². The van der Waals surface area contributed by atoms with Crippen LogP contribution in [0.2, 0.25) is 0 Å². The Labute approximate surface area is 103 Å². The van der Waals surface area contributed by atoms with Crippen LogP contribution in [0.15, 0.2) is 24.3 Å². The summed E-state index contributed by atoms with van der Waals surface area (Å²) in [5.41, 5.74) is 7.27. The summed E-state index contributed by atoms with van der Waals surface area (Å²) in [6, 6.07) is 6.95. The van der Waals surface area contributed by atoms with Gasteiger partial charge in [0.1, 0.15) is 5.82 Å². The van der Waals surface area contributed by atoms with Crippen molar-refractivity contribution in [3.05, 3.63) is 35.6 Å². The lowest BCUT2D eigenvalue weighted by Gasteiger charge is -2.38. The maximum Gasteiger partial charge on any atom is 0.123 e. The summed E-state index contributed by atoms with van der Waals surface area (Å²) in [5.74, 6) is 0.682. The van der Waals surface area contributed by atoms with Gasteiger partial charge in [-0.15, -0.1) is 0 Å². The SMILES string of the molecule is CC1CCC(CN)(Cc2cccc(F)c2)CC1. The predicted octanol–water partition coefficient (Wildman–Crippen LogP) is 3.52. The van der Waals surface area contributed by atoms with Gasteiger partial charge in [-0.1, -0.05) is 31.9 Å². The molecule has 1 aliphatic rings. The lowest BCUT2D eigenvalue weighted by molar-refractivity contribution is 0.163. The van der Waals surface area contributed by atoms with E-state index < -0.39 is 0 Å². The van der Waals surface area contributed by atoms with Gasteiger partial charge in [0.2, 0.25) is 0 Å². The molecule has 0 bridgehead atoms. The van der Waals surface area contributed by atoms with Gasteiger partial charge in [-0.3, -0.25) is 0 Å². The van der Waals surface area contributed by atoms with Gasteiger partial charge in [0.05, 0.1) is 0 Å². The van der Waals surface area contributed by atoms with E-state index in [9.17, 15) is 4.39 Å². The van der Waals surface area contributed by atoms with Gasteiger partial charge in [-0.25, -0.2) is 4.39 Å². The quantitative estimate of drug-likeness (QED) is 0.852. The normalized spacial score (nSPS) is 29.2. The molecule has 0 spiro atoms. The van der Waals surface area contributed by atoms with Gasteiger partial charge >= 0.3 is 0 Å². The summed E-state index contributed by atoms with van der Waals surface area (Å²) in [6.45, 7) is 3.03. The van der Waals surface area contributed by atoms with Gasteiger partial charge in [-0.05, 0) is 54.8 Å². The largest absolute Gasteiger partial charge is 0.330 e. The highest BCUT2D eigenvalue weighted by atomic mass is 19.1. The second kappa shape index (κ2) is 5.18. The smallest absolute Gasteiger partial charge is 0.123 e. The molecule has 1 aromatic rings. The standard InChI is InChI=1S/C15H22FN/c1-12-5-7-15(11-17,8-6-12)10-13-3-2-4-14(16)9-13/h2-4,9,12H,5-8,10-11,17H2,1H3. The van der Waals surface area contributed by atoms with Gasteiger partial charge in [0, 0.05) is 0 Å².